The molecule has 33 heavy (non-hydrogen) atoms. The number of sulfonamides is 1. The predicted molar refractivity (Wildman–Crippen MR) is 131 cm³/mol. The number of rotatable bonds is 9. The SMILES string of the molecule is CCc1ccc([C@H](C)NC(=O)CN(c2ccc(Cl)cc2)S(=O)(=O)c2ccc(OC)cc2)cc1. The molecule has 8 heteroatoms. The van der Waals surface area contributed by atoms with Crippen LogP contribution in [0.25, 0.3) is 0 Å². The van der Waals surface area contributed by atoms with Crippen LogP contribution in [0.4, 0.5) is 5.69 Å². The number of methoxy groups -OCH3 is 1. The highest BCUT2D eigenvalue weighted by Crippen LogP contribution is 2.26. The molecule has 0 saturated carbocycles. The standard InChI is InChI=1S/C25H27ClN2O4S/c1-4-19-5-7-20(8-6-19)18(2)27-25(29)17-28(22-11-9-21(26)10-12-22)33(30,31)24-15-13-23(32-3)14-16-24/h5-16,18H,4,17H2,1-3H3,(H,27,29)/t18-/m0/s1. The molecule has 0 spiro atoms. The molecule has 0 aliphatic heterocycles. The second-order valence-electron chi connectivity index (χ2n) is 7.55. The molecule has 174 valence electrons. The monoisotopic (exact) mass is 486 g/mol. The van der Waals surface area contributed by atoms with Gasteiger partial charge in [0.15, 0.2) is 0 Å². The largest absolute Gasteiger partial charge is 0.497 e. The van der Waals surface area contributed by atoms with Gasteiger partial charge in [-0.05, 0) is 73.0 Å². The molecule has 0 unspecified atom stereocenters. The van der Waals surface area contributed by atoms with Crippen LogP contribution < -0.4 is 14.4 Å². The van der Waals surface area contributed by atoms with Gasteiger partial charge in [0.1, 0.15) is 12.3 Å². The number of hydrogen-bond donors (Lipinski definition) is 1. The maximum absolute atomic E-state index is 13.5. The van der Waals surface area contributed by atoms with Gasteiger partial charge in [-0.15, -0.1) is 0 Å². The van der Waals surface area contributed by atoms with Gasteiger partial charge in [-0.25, -0.2) is 8.42 Å². The molecule has 0 fully saturated rings. The quantitative estimate of drug-likeness (QED) is 0.462. The summed E-state index contributed by atoms with van der Waals surface area (Å²) in [5.41, 5.74) is 2.48. The lowest BCUT2D eigenvalue weighted by Crippen LogP contribution is -2.41. The Hall–Kier alpha value is -3.03. The molecule has 0 aromatic heterocycles. The smallest absolute Gasteiger partial charge is 0.264 e. The third-order valence-electron chi connectivity index (χ3n) is 5.31. The van der Waals surface area contributed by atoms with Gasteiger partial charge >= 0.3 is 0 Å². The number of ether oxygens (including phenoxy) is 1. The minimum atomic E-state index is -4.02. The topological polar surface area (TPSA) is 75.7 Å². The number of benzene rings is 3. The van der Waals surface area contributed by atoms with Gasteiger partial charge in [0.05, 0.1) is 23.7 Å². The molecule has 0 aliphatic carbocycles. The fourth-order valence-electron chi connectivity index (χ4n) is 3.34. The van der Waals surface area contributed by atoms with Crippen LogP contribution in [0.5, 0.6) is 5.75 Å². The van der Waals surface area contributed by atoms with E-state index in [2.05, 4.69) is 12.2 Å². The molecule has 0 aliphatic rings. The molecule has 3 aromatic carbocycles. The fraction of sp³-hybridized carbons (Fsp3) is 0.240. The summed E-state index contributed by atoms with van der Waals surface area (Å²) >= 11 is 5.98. The van der Waals surface area contributed by atoms with Crippen molar-refractivity contribution < 1.29 is 17.9 Å². The van der Waals surface area contributed by atoms with Gasteiger partial charge in [-0.3, -0.25) is 9.10 Å². The van der Waals surface area contributed by atoms with E-state index in [4.69, 9.17) is 16.3 Å². The first-order valence-electron chi connectivity index (χ1n) is 10.5. The zero-order valence-electron chi connectivity index (χ0n) is 18.8. The molecule has 0 saturated heterocycles. The Labute approximate surface area is 200 Å². The third kappa shape index (κ3) is 6.06. The Morgan fingerprint density at radius 2 is 1.61 bits per heavy atom. The van der Waals surface area contributed by atoms with Crippen molar-refractivity contribution in [1.29, 1.82) is 0 Å². The Bertz CT molecular complexity index is 1180. The molecule has 0 heterocycles. The van der Waals surface area contributed by atoms with Gasteiger partial charge in [-0.1, -0.05) is 42.8 Å². The van der Waals surface area contributed by atoms with E-state index in [1.807, 2.05) is 31.2 Å². The average molecular weight is 487 g/mol. The summed E-state index contributed by atoms with van der Waals surface area (Å²) in [5.74, 6) is 0.113. The Morgan fingerprint density at radius 1 is 1.00 bits per heavy atom. The Kier molecular flexibility index (Phi) is 8.00. The van der Waals surface area contributed by atoms with E-state index in [9.17, 15) is 13.2 Å². The molecular weight excluding hydrogens is 460 g/mol. The summed E-state index contributed by atoms with van der Waals surface area (Å²) < 4.78 is 33.1. The van der Waals surface area contributed by atoms with Crippen LogP contribution in [0.3, 0.4) is 0 Å². The number of halogens is 1. The number of carbonyl (C=O) groups is 1. The van der Waals surface area contributed by atoms with Gasteiger partial charge in [0, 0.05) is 5.02 Å². The van der Waals surface area contributed by atoms with E-state index in [1.165, 1.54) is 24.8 Å². The number of amides is 1. The van der Waals surface area contributed by atoms with Crippen molar-refractivity contribution in [3.05, 3.63) is 88.9 Å². The maximum Gasteiger partial charge on any atom is 0.264 e. The van der Waals surface area contributed by atoms with Crippen LogP contribution in [0.15, 0.2) is 77.7 Å². The molecular formula is C25H27ClN2O4S. The maximum atomic E-state index is 13.5. The highest BCUT2D eigenvalue weighted by molar-refractivity contribution is 7.92. The minimum Gasteiger partial charge on any atom is -0.497 e. The number of anilines is 1. The molecule has 3 aromatic rings. The highest BCUT2D eigenvalue weighted by atomic mass is 35.5. The van der Waals surface area contributed by atoms with E-state index < -0.39 is 15.9 Å². The molecule has 3 rings (SSSR count). The second-order valence-corrected chi connectivity index (χ2v) is 9.85. The summed E-state index contributed by atoms with van der Waals surface area (Å²) in [6.07, 6.45) is 0.931. The average Bonchev–Trinajstić information content (AvgIpc) is 2.83. The van der Waals surface area contributed by atoms with E-state index in [0.717, 1.165) is 16.3 Å². The van der Waals surface area contributed by atoms with Gasteiger partial charge in [0.2, 0.25) is 5.91 Å². The molecule has 1 amide bonds. The molecule has 1 N–H and O–H groups in total. The Balaban J connectivity index is 1.86. The fourth-order valence-corrected chi connectivity index (χ4v) is 4.89. The van der Waals surface area contributed by atoms with Gasteiger partial charge < -0.3 is 10.1 Å². The molecule has 0 radical (unpaired) electrons. The normalized spacial score (nSPS) is 12.1. The van der Waals surface area contributed by atoms with Crippen LogP contribution >= 0.6 is 11.6 Å². The van der Waals surface area contributed by atoms with Crippen LogP contribution in [-0.2, 0) is 21.2 Å². The van der Waals surface area contributed by atoms with Crippen molar-refractivity contribution in [2.75, 3.05) is 18.0 Å². The van der Waals surface area contributed by atoms with Crippen molar-refractivity contribution in [3.8, 4) is 5.75 Å². The number of nitrogens with zero attached hydrogens (tertiary/aromatic N) is 1. The van der Waals surface area contributed by atoms with Crippen LogP contribution in [0.1, 0.15) is 31.0 Å². The predicted octanol–water partition coefficient (Wildman–Crippen LogP) is 4.98. The first-order valence-corrected chi connectivity index (χ1v) is 12.4. The van der Waals surface area contributed by atoms with Crippen LogP contribution in [-0.4, -0.2) is 28.0 Å². The Morgan fingerprint density at radius 3 is 2.15 bits per heavy atom. The summed E-state index contributed by atoms with van der Waals surface area (Å²) in [4.78, 5) is 13.0. The molecule has 1 atom stereocenters. The van der Waals surface area contributed by atoms with Crippen molar-refractivity contribution >= 4 is 33.2 Å². The van der Waals surface area contributed by atoms with Gasteiger partial charge in [-0.2, -0.15) is 0 Å². The summed E-state index contributed by atoms with van der Waals surface area (Å²) in [6, 6.07) is 20.0. The third-order valence-corrected chi connectivity index (χ3v) is 7.35. The van der Waals surface area contributed by atoms with Crippen LogP contribution in [0, 0.1) is 0 Å². The highest BCUT2D eigenvalue weighted by Gasteiger charge is 2.28. The lowest BCUT2D eigenvalue weighted by molar-refractivity contribution is -0.120. The number of carbonyl (C=O) groups excluding carboxylic acids is 1. The van der Waals surface area contributed by atoms with E-state index in [-0.39, 0.29) is 17.5 Å². The second kappa shape index (κ2) is 10.7. The van der Waals surface area contributed by atoms with Gasteiger partial charge in [0.25, 0.3) is 10.0 Å². The zero-order chi connectivity index (χ0) is 24.0. The van der Waals surface area contributed by atoms with Crippen molar-refractivity contribution in [2.24, 2.45) is 0 Å². The van der Waals surface area contributed by atoms with E-state index in [1.54, 1.807) is 36.4 Å². The van der Waals surface area contributed by atoms with Crippen molar-refractivity contribution in [3.63, 3.8) is 0 Å². The lowest BCUT2D eigenvalue weighted by atomic mass is 10.1. The minimum absolute atomic E-state index is 0.0502. The number of hydrogen-bond acceptors (Lipinski definition) is 4. The first-order chi connectivity index (χ1) is 15.7. The van der Waals surface area contributed by atoms with E-state index in [0.29, 0.717) is 16.5 Å². The summed E-state index contributed by atoms with van der Waals surface area (Å²) in [7, 11) is -2.52. The number of aryl methyl sites for hydroxylation is 1. The summed E-state index contributed by atoms with van der Waals surface area (Å²) in [6.45, 7) is 3.56. The zero-order valence-corrected chi connectivity index (χ0v) is 20.4. The van der Waals surface area contributed by atoms with Crippen molar-refractivity contribution in [1.82, 2.24) is 5.32 Å². The number of nitrogens with one attached hydrogen (secondary N) is 1. The first kappa shape index (κ1) is 24.6. The van der Waals surface area contributed by atoms with Crippen molar-refractivity contribution in [2.45, 2.75) is 31.2 Å². The summed E-state index contributed by atoms with van der Waals surface area (Å²) in [5, 5.41) is 3.36. The molecule has 0 bridgehead atoms. The van der Waals surface area contributed by atoms with E-state index >= 15 is 0 Å². The lowest BCUT2D eigenvalue weighted by Gasteiger charge is -2.25. The van der Waals surface area contributed by atoms with Crippen LogP contribution in [0.2, 0.25) is 5.02 Å². The molecule has 6 nitrogen and oxygen atoms in total.